The fourth-order valence-electron chi connectivity index (χ4n) is 2.84. The molecule has 7 heteroatoms. The van der Waals surface area contributed by atoms with Gasteiger partial charge in [-0.15, -0.1) is 0 Å². The van der Waals surface area contributed by atoms with Gasteiger partial charge in [-0.1, -0.05) is 62.4 Å². The van der Waals surface area contributed by atoms with Gasteiger partial charge in [0.2, 0.25) is 10.0 Å². The summed E-state index contributed by atoms with van der Waals surface area (Å²) in [5.41, 5.74) is 4.27. The molecule has 34 heavy (non-hydrogen) atoms. The standard InChI is InChI=1S/C17H22FNO3S.C10H13Cl/c1-5-14(11-15(18)6-2)12(3)7-8-13(4)17(20)19-23(21,22)16-9-10-16;1-3-8-5-6-10(11)9(4-2)7-8/h5-8,11,16H,2,9-10H2,1,3-4H3,(H,19,20);5-7H,3-4H2,1-2H3/b12-7+,13-8+,14-5+,15-11+;. The monoisotopic (exact) mass is 507 g/mol. The fraction of sp³-hybridized carbons (Fsp3) is 0.370. The molecule has 0 aliphatic heterocycles. The molecule has 1 amide bonds. The number of carbonyl (C=O) groups is 1. The molecule has 1 aliphatic rings. The quantitative estimate of drug-likeness (QED) is 0.291. The molecule has 1 aromatic rings. The molecule has 1 aliphatic carbocycles. The molecule has 0 saturated heterocycles. The number of aryl methyl sites for hydroxylation is 2. The average Bonchev–Trinajstić information content (AvgIpc) is 3.67. The van der Waals surface area contributed by atoms with Crippen LogP contribution in [0.5, 0.6) is 0 Å². The van der Waals surface area contributed by atoms with Crippen LogP contribution in [-0.4, -0.2) is 19.6 Å². The van der Waals surface area contributed by atoms with Crippen molar-refractivity contribution in [2.75, 3.05) is 0 Å². The third-order valence-electron chi connectivity index (χ3n) is 5.29. The van der Waals surface area contributed by atoms with Gasteiger partial charge in [-0.3, -0.25) is 4.79 Å². The Bertz CT molecular complexity index is 1110. The minimum Gasteiger partial charge on any atom is -0.269 e. The number of sulfonamides is 1. The van der Waals surface area contributed by atoms with E-state index in [0.717, 1.165) is 29.5 Å². The van der Waals surface area contributed by atoms with Gasteiger partial charge in [-0.2, -0.15) is 0 Å². The van der Waals surface area contributed by atoms with Crippen LogP contribution in [0.25, 0.3) is 0 Å². The highest BCUT2D eigenvalue weighted by atomic mass is 35.5. The van der Waals surface area contributed by atoms with Crippen LogP contribution in [-0.2, 0) is 27.7 Å². The number of halogens is 2. The molecule has 0 radical (unpaired) electrons. The first-order chi connectivity index (χ1) is 16.0. The van der Waals surface area contributed by atoms with Crippen molar-refractivity contribution < 1.29 is 17.6 Å². The predicted molar refractivity (Wildman–Crippen MR) is 141 cm³/mol. The molecular formula is C27H35ClFNO3S. The van der Waals surface area contributed by atoms with E-state index in [-0.39, 0.29) is 5.57 Å². The summed E-state index contributed by atoms with van der Waals surface area (Å²) in [5, 5.41) is 0.447. The molecule has 186 valence electrons. The number of rotatable bonds is 9. The highest BCUT2D eigenvalue weighted by molar-refractivity contribution is 7.91. The van der Waals surface area contributed by atoms with E-state index >= 15 is 0 Å². The minimum absolute atomic E-state index is 0.261. The van der Waals surface area contributed by atoms with Crippen LogP contribution in [0, 0.1) is 0 Å². The minimum atomic E-state index is -3.55. The third kappa shape index (κ3) is 9.82. The highest BCUT2D eigenvalue weighted by Crippen LogP contribution is 2.27. The zero-order chi connectivity index (χ0) is 25.9. The molecule has 1 N–H and O–H groups in total. The lowest BCUT2D eigenvalue weighted by Crippen LogP contribution is -2.33. The van der Waals surface area contributed by atoms with Gasteiger partial charge in [0.1, 0.15) is 5.83 Å². The van der Waals surface area contributed by atoms with E-state index in [1.165, 1.54) is 30.2 Å². The summed E-state index contributed by atoms with van der Waals surface area (Å²) in [6.07, 6.45) is 10.6. The number of hydrogen-bond donors (Lipinski definition) is 1. The van der Waals surface area contributed by atoms with Gasteiger partial charge in [0.25, 0.3) is 5.91 Å². The average molecular weight is 508 g/mol. The van der Waals surface area contributed by atoms with Crippen molar-refractivity contribution in [3.63, 3.8) is 0 Å². The Hall–Kier alpha value is -2.44. The summed E-state index contributed by atoms with van der Waals surface area (Å²) >= 11 is 5.95. The van der Waals surface area contributed by atoms with E-state index < -0.39 is 27.0 Å². The second-order valence-corrected chi connectivity index (χ2v) is 10.4. The van der Waals surface area contributed by atoms with E-state index in [1.54, 1.807) is 26.0 Å². The molecule has 2 rings (SSSR count). The predicted octanol–water partition coefficient (Wildman–Crippen LogP) is 6.94. The Balaban J connectivity index is 0.000000437. The van der Waals surface area contributed by atoms with Crippen LogP contribution in [0.3, 0.4) is 0 Å². The molecular weight excluding hydrogens is 473 g/mol. The van der Waals surface area contributed by atoms with Gasteiger partial charge in [0.15, 0.2) is 0 Å². The van der Waals surface area contributed by atoms with Crippen molar-refractivity contribution in [3.05, 3.63) is 93.9 Å². The lowest BCUT2D eigenvalue weighted by atomic mass is 10.1. The van der Waals surface area contributed by atoms with Crippen LogP contribution < -0.4 is 4.72 Å². The van der Waals surface area contributed by atoms with E-state index in [9.17, 15) is 17.6 Å². The van der Waals surface area contributed by atoms with Crippen molar-refractivity contribution in [2.45, 2.75) is 65.6 Å². The van der Waals surface area contributed by atoms with Gasteiger partial charge in [-0.25, -0.2) is 17.5 Å². The molecule has 0 bridgehead atoms. The first kappa shape index (κ1) is 29.6. The number of amides is 1. The maximum Gasteiger partial charge on any atom is 0.260 e. The van der Waals surface area contributed by atoms with Gasteiger partial charge < -0.3 is 0 Å². The Morgan fingerprint density at radius 2 is 1.79 bits per heavy atom. The Morgan fingerprint density at radius 3 is 2.29 bits per heavy atom. The molecule has 0 aromatic heterocycles. The largest absolute Gasteiger partial charge is 0.269 e. The molecule has 1 fully saturated rings. The lowest BCUT2D eigenvalue weighted by Gasteiger charge is -2.05. The molecule has 1 saturated carbocycles. The molecule has 0 heterocycles. The van der Waals surface area contributed by atoms with Gasteiger partial charge in [0, 0.05) is 10.6 Å². The number of allylic oxidation sites excluding steroid dienone is 8. The maximum atomic E-state index is 13.3. The topological polar surface area (TPSA) is 63.2 Å². The summed E-state index contributed by atoms with van der Waals surface area (Å²) in [6, 6.07) is 6.25. The van der Waals surface area contributed by atoms with E-state index in [1.807, 2.05) is 6.07 Å². The molecule has 0 spiro atoms. The zero-order valence-corrected chi connectivity index (χ0v) is 22.2. The molecule has 4 nitrogen and oxygen atoms in total. The number of hydrogen-bond acceptors (Lipinski definition) is 3. The Kier molecular flexibility index (Phi) is 12.2. The maximum absolute atomic E-state index is 13.3. The fourth-order valence-corrected chi connectivity index (χ4v) is 4.44. The van der Waals surface area contributed by atoms with Crippen LogP contribution in [0.15, 0.2) is 77.7 Å². The van der Waals surface area contributed by atoms with Crippen molar-refractivity contribution in [3.8, 4) is 0 Å². The lowest BCUT2D eigenvalue weighted by molar-refractivity contribution is -0.115. The van der Waals surface area contributed by atoms with Gasteiger partial charge >= 0.3 is 0 Å². The van der Waals surface area contributed by atoms with Crippen LogP contribution in [0.4, 0.5) is 4.39 Å². The third-order valence-corrected chi connectivity index (χ3v) is 7.48. The molecule has 0 unspecified atom stereocenters. The number of carbonyl (C=O) groups excluding carboxylic acids is 1. The molecule has 1 aromatic carbocycles. The smallest absolute Gasteiger partial charge is 0.260 e. The van der Waals surface area contributed by atoms with Crippen LogP contribution in [0.1, 0.15) is 58.6 Å². The zero-order valence-electron chi connectivity index (χ0n) is 20.6. The highest BCUT2D eigenvalue weighted by Gasteiger charge is 2.36. The van der Waals surface area contributed by atoms with E-state index in [0.29, 0.717) is 18.4 Å². The van der Waals surface area contributed by atoms with Crippen molar-refractivity contribution >= 4 is 27.5 Å². The Morgan fingerprint density at radius 1 is 1.18 bits per heavy atom. The van der Waals surface area contributed by atoms with Crippen LogP contribution >= 0.6 is 11.6 Å². The number of benzene rings is 1. The SMILES string of the molecule is C=C\C(F)=C/C(=C\C)C(/C)=C/C=C(\C)C(=O)NS(=O)(=O)C1CC1.CCc1ccc(Cl)c(CC)c1. The van der Waals surface area contributed by atoms with E-state index in [2.05, 4.69) is 37.3 Å². The summed E-state index contributed by atoms with van der Waals surface area (Å²) in [6.45, 7) is 12.7. The van der Waals surface area contributed by atoms with Gasteiger partial charge in [0.05, 0.1) is 5.25 Å². The normalized spacial score (nSPS) is 15.4. The van der Waals surface area contributed by atoms with Crippen LogP contribution in [0.2, 0.25) is 5.02 Å². The van der Waals surface area contributed by atoms with Crippen molar-refractivity contribution in [2.24, 2.45) is 0 Å². The Labute approximate surface area is 209 Å². The van der Waals surface area contributed by atoms with Crippen molar-refractivity contribution in [1.29, 1.82) is 0 Å². The van der Waals surface area contributed by atoms with Gasteiger partial charge in [-0.05, 0) is 86.9 Å². The summed E-state index contributed by atoms with van der Waals surface area (Å²) in [4.78, 5) is 11.9. The second-order valence-electron chi connectivity index (χ2n) is 7.99. The van der Waals surface area contributed by atoms with Crippen molar-refractivity contribution in [1.82, 2.24) is 4.72 Å². The summed E-state index contributed by atoms with van der Waals surface area (Å²) in [7, 11) is -3.55. The second kappa shape index (κ2) is 14.1. The summed E-state index contributed by atoms with van der Waals surface area (Å²) < 4.78 is 38.7. The first-order valence-electron chi connectivity index (χ1n) is 11.3. The molecule has 0 atom stereocenters. The number of nitrogens with one attached hydrogen (secondary N) is 1. The van der Waals surface area contributed by atoms with E-state index in [4.69, 9.17) is 11.6 Å². The summed E-state index contributed by atoms with van der Waals surface area (Å²) in [5.74, 6) is -1.10. The first-order valence-corrected chi connectivity index (χ1v) is 13.3.